The summed E-state index contributed by atoms with van der Waals surface area (Å²) < 4.78 is 0. The Morgan fingerprint density at radius 1 is 1.62 bits per heavy atom. The highest BCUT2D eigenvalue weighted by Crippen LogP contribution is 2.30. The summed E-state index contributed by atoms with van der Waals surface area (Å²) in [6.07, 6.45) is 5.46. The lowest BCUT2D eigenvalue weighted by Crippen LogP contribution is -2.24. The average Bonchev–Trinajstić information content (AvgIpc) is 2.54. The highest BCUT2D eigenvalue weighted by Gasteiger charge is 2.24. The third kappa shape index (κ3) is 1.08. The number of aldehydes is 1. The van der Waals surface area contributed by atoms with Gasteiger partial charge in [-0.3, -0.25) is 4.79 Å². The van der Waals surface area contributed by atoms with Crippen molar-refractivity contribution < 1.29 is 9.90 Å². The van der Waals surface area contributed by atoms with Gasteiger partial charge >= 0.3 is 0 Å². The normalized spacial score (nSPS) is 21.2. The first-order valence-corrected chi connectivity index (χ1v) is 4.29. The Morgan fingerprint density at radius 2 is 2.38 bits per heavy atom. The molecule has 2 aliphatic rings. The van der Waals surface area contributed by atoms with Gasteiger partial charge in [0.05, 0.1) is 5.70 Å². The highest BCUT2D eigenvalue weighted by atomic mass is 16.3. The maximum atomic E-state index is 10.8. The van der Waals surface area contributed by atoms with E-state index in [-0.39, 0.29) is 5.76 Å². The van der Waals surface area contributed by atoms with Gasteiger partial charge in [0.15, 0.2) is 6.29 Å². The quantitative estimate of drug-likeness (QED) is 0.617. The van der Waals surface area contributed by atoms with E-state index in [0.29, 0.717) is 11.3 Å². The van der Waals surface area contributed by atoms with Gasteiger partial charge in [0.25, 0.3) is 0 Å². The molecule has 0 atom stereocenters. The average molecular weight is 177 g/mol. The monoisotopic (exact) mass is 177 g/mol. The Bertz CT molecular complexity index is 350. The minimum atomic E-state index is 0.200. The third-order valence-electron chi connectivity index (χ3n) is 2.47. The van der Waals surface area contributed by atoms with Gasteiger partial charge in [0.2, 0.25) is 0 Å². The summed E-state index contributed by atoms with van der Waals surface area (Å²) in [5.41, 5.74) is 2.18. The zero-order valence-corrected chi connectivity index (χ0v) is 7.45. The second-order valence-corrected chi connectivity index (χ2v) is 3.23. The first-order chi connectivity index (χ1) is 6.24. The lowest BCUT2D eigenvalue weighted by atomic mass is 10.1. The molecular weight excluding hydrogens is 166 g/mol. The number of allylic oxidation sites excluding steroid dienone is 3. The van der Waals surface area contributed by atoms with Crippen LogP contribution < -0.4 is 0 Å². The molecule has 0 aromatic rings. The van der Waals surface area contributed by atoms with Crippen LogP contribution in [0.2, 0.25) is 0 Å². The number of fused-ring (bicyclic) bond motifs is 1. The summed E-state index contributed by atoms with van der Waals surface area (Å²) in [7, 11) is 0. The van der Waals surface area contributed by atoms with E-state index in [2.05, 4.69) is 0 Å². The molecule has 0 saturated carbocycles. The summed E-state index contributed by atoms with van der Waals surface area (Å²) >= 11 is 0. The van der Waals surface area contributed by atoms with Crippen LogP contribution in [0.5, 0.6) is 0 Å². The zero-order valence-electron chi connectivity index (χ0n) is 7.45. The molecule has 2 rings (SSSR count). The summed E-state index contributed by atoms with van der Waals surface area (Å²) in [5.74, 6) is 0.200. The number of hydrogen-bond acceptors (Lipinski definition) is 3. The number of hydrogen-bond donors (Lipinski definition) is 1. The Hall–Kier alpha value is -1.51. The number of nitrogens with zero attached hydrogens (tertiary/aromatic N) is 1. The molecule has 3 nitrogen and oxygen atoms in total. The largest absolute Gasteiger partial charge is 0.508 e. The molecule has 0 radical (unpaired) electrons. The topological polar surface area (TPSA) is 40.5 Å². The van der Waals surface area contributed by atoms with Gasteiger partial charge in [0.1, 0.15) is 5.76 Å². The van der Waals surface area contributed by atoms with E-state index in [9.17, 15) is 9.90 Å². The van der Waals surface area contributed by atoms with Crippen molar-refractivity contribution in [2.45, 2.75) is 13.3 Å². The van der Waals surface area contributed by atoms with E-state index in [1.165, 1.54) is 0 Å². The van der Waals surface area contributed by atoms with Gasteiger partial charge in [-0.1, -0.05) is 6.08 Å². The van der Waals surface area contributed by atoms with Crippen molar-refractivity contribution in [2.75, 3.05) is 6.54 Å². The van der Waals surface area contributed by atoms with E-state index in [1.807, 2.05) is 11.0 Å². The van der Waals surface area contributed by atoms with Crippen molar-refractivity contribution >= 4 is 6.29 Å². The van der Waals surface area contributed by atoms with Gasteiger partial charge in [-0.15, -0.1) is 0 Å². The summed E-state index contributed by atoms with van der Waals surface area (Å²) in [5, 5.41) is 9.50. The van der Waals surface area contributed by atoms with Crippen LogP contribution in [0.4, 0.5) is 0 Å². The fourth-order valence-electron chi connectivity index (χ4n) is 1.71. The molecular formula is C10H11NO2. The molecule has 0 spiro atoms. The number of rotatable bonds is 1. The molecule has 2 aliphatic heterocycles. The molecule has 0 fully saturated rings. The molecule has 0 saturated heterocycles. The Labute approximate surface area is 76.7 Å². The molecule has 0 bridgehead atoms. The van der Waals surface area contributed by atoms with Crippen LogP contribution in [0, 0.1) is 0 Å². The molecule has 13 heavy (non-hydrogen) atoms. The van der Waals surface area contributed by atoms with Gasteiger partial charge in [-0.25, -0.2) is 0 Å². The van der Waals surface area contributed by atoms with Gasteiger partial charge in [-0.05, 0) is 13.3 Å². The van der Waals surface area contributed by atoms with E-state index >= 15 is 0 Å². The molecule has 1 N–H and O–H groups in total. The maximum Gasteiger partial charge on any atom is 0.166 e. The van der Waals surface area contributed by atoms with E-state index < -0.39 is 0 Å². The molecule has 0 unspecified atom stereocenters. The molecule has 3 heteroatoms. The van der Waals surface area contributed by atoms with Gasteiger partial charge < -0.3 is 10.0 Å². The number of aliphatic hydroxyl groups is 1. The summed E-state index contributed by atoms with van der Waals surface area (Å²) in [6, 6.07) is 0. The summed E-state index contributed by atoms with van der Waals surface area (Å²) in [4.78, 5) is 12.7. The van der Waals surface area contributed by atoms with Crippen molar-refractivity contribution in [3.05, 3.63) is 34.9 Å². The standard InChI is InChI=1S/C10H11NO2/c1-7-9(6-12)11-4-2-3-8(11)5-10(7)13/h3,5-6,13H,2,4H2,1H3. The van der Waals surface area contributed by atoms with Crippen molar-refractivity contribution in [1.82, 2.24) is 4.90 Å². The second-order valence-electron chi connectivity index (χ2n) is 3.23. The van der Waals surface area contributed by atoms with Crippen molar-refractivity contribution in [1.29, 1.82) is 0 Å². The van der Waals surface area contributed by atoms with Crippen LogP contribution >= 0.6 is 0 Å². The van der Waals surface area contributed by atoms with Crippen molar-refractivity contribution in [3.63, 3.8) is 0 Å². The Kier molecular flexibility index (Phi) is 1.72. The first-order valence-electron chi connectivity index (χ1n) is 4.29. The number of carbonyl (C=O) groups excluding carboxylic acids is 1. The van der Waals surface area contributed by atoms with Crippen molar-refractivity contribution in [2.24, 2.45) is 0 Å². The predicted octanol–water partition coefficient (Wildman–Crippen LogP) is 1.50. The smallest absolute Gasteiger partial charge is 0.166 e. The van der Waals surface area contributed by atoms with Gasteiger partial charge in [-0.2, -0.15) is 0 Å². The van der Waals surface area contributed by atoms with Crippen LogP contribution in [0.1, 0.15) is 13.3 Å². The molecule has 2 heterocycles. The molecule has 0 aliphatic carbocycles. The van der Waals surface area contributed by atoms with Crippen LogP contribution in [-0.2, 0) is 4.79 Å². The van der Waals surface area contributed by atoms with E-state index in [0.717, 1.165) is 24.9 Å². The maximum absolute atomic E-state index is 10.8. The first kappa shape index (κ1) is 8.10. The van der Waals surface area contributed by atoms with Crippen LogP contribution in [0.25, 0.3) is 0 Å². The Morgan fingerprint density at radius 3 is 3.08 bits per heavy atom. The van der Waals surface area contributed by atoms with E-state index in [1.54, 1.807) is 13.0 Å². The molecule has 0 aromatic carbocycles. The van der Waals surface area contributed by atoms with Crippen LogP contribution in [-0.4, -0.2) is 22.8 Å². The zero-order chi connectivity index (χ0) is 9.42. The Balaban J connectivity index is 2.51. The number of aliphatic hydroxyl groups excluding tert-OH is 1. The number of carbonyl (C=O) groups is 1. The van der Waals surface area contributed by atoms with Crippen LogP contribution in [0.3, 0.4) is 0 Å². The molecule has 0 amide bonds. The fourth-order valence-corrected chi connectivity index (χ4v) is 1.71. The highest BCUT2D eigenvalue weighted by molar-refractivity contribution is 5.77. The van der Waals surface area contributed by atoms with Crippen LogP contribution in [0.15, 0.2) is 34.9 Å². The lowest BCUT2D eigenvalue weighted by Gasteiger charge is -2.26. The minimum absolute atomic E-state index is 0.200. The van der Waals surface area contributed by atoms with Crippen molar-refractivity contribution in [3.8, 4) is 0 Å². The predicted molar refractivity (Wildman–Crippen MR) is 48.9 cm³/mol. The van der Waals surface area contributed by atoms with Gasteiger partial charge in [0, 0.05) is 23.9 Å². The minimum Gasteiger partial charge on any atom is -0.508 e. The SMILES string of the molecule is CC1=C(C=O)N2CCC=C2C=C1O. The third-order valence-corrected chi connectivity index (χ3v) is 2.47. The van der Waals surface area contributed by atoms with E-state index in [4.69, 9.17) is 0 Å². The molecule has 68 valence electrons. The lowest BCUT2D eigenvalue weighted by molar-refractivity contribution is -0.106. The second kappa shape index (κ2) is 2.76. The molecule has 0 aromatic heterocycles. The fraction of sp³-hybridized carbons (Fsp3) is 0.300. The summed E-state index contributed by atoms with van der Waals surface area (Å²) in [6.45, 7) is 2.59.